The molecule has 1 heterocycles. The van der Waals surface area contributed by atoms with Crippen molar-refractivity contribution in [3.63, 3.8) is 0 Å². The molecule has 14 heavy (non-hydrogen) atoms. The van der Waals surface area contributed by atoms with Crippen LogP contribution in [0.15, 0.2) is 0 Å². The predicted molar refractivity (Wildman–Crippen MR) is 50.8 cm³/mol. The lowest BCUT2D eigenvalue weighted by Crippen LogP contribution is -2.68. The monoisotopic (exact) mass is 200 g/mol. The number of carbonyl (C=O) groups excluding carboxylic acids is 2. The summed E-state index contributed by atoms with van der Waals surface area (Å²) in [6.45, 7) is 7.15. The van der Waals surface area contributed by atoms with Crippen molar-refractivity contribution in [2.45, 2.75) is 45.4 Å². The summed E-state index contributed by atoms with van der Waals surface area (Å²) in [4.78, 5) is 22.2. The maximum atomic E-state index is 11.2. The molecule has 2 amide bonds. The van der Waals surface area contributed by atoms with Crippen LogP contribution >= 0.6 is 0 Å². The first-order chi connectivity index (χ1) is 6.29. The van der Waals surface area contributed by atoms with Crippen LogP contribution in [0.3, 0.4) is 0 Å². The Morgan fingerprint density at radius 1 is 1.50 bits per heavy atom. The number of carbonyl (C=O) groups is 2. The van der Waals surface area contributed by atoms with Gasteiger partial charge in [0.05, 0.1) is 6.04 Å². The Labute approximate surface area is 83.2 Å². The molecule has 1 aliphatic heterocycles. The van der Waals surface area contributed by atoms with Crippen molar-refractivity contribution >= 4 is 12.0 Å². The first-order valence-electron chi connectivity index (χ1n) is 4.59. The quantitative estimate of drug-likeness (QED) is 0.602. The Morgan fingerprint density at radius 3 is 2.43 bits per heavy atom. The van der Waals surface area contributed by atoms with Gasteiger partial charge in [-0.15, -0.1) is 0 Å². The average molecular weight is 200 g/mol. The van der Waals surface area contributed by atoms with Crippen LogP contribution in [-0.2, 0) is 9.53 Å². The zero-order valence-corrected chi connectivity index (χ0v) is 8.88. The van der Waals surface area contributed by atoms with Gasteiger partial charge >= 0.3 is 6.09 Å². The van der Waals surface area contributed by atoms with Crippen molar-refractivity contribution in [3.05, 3.63) is 0 Å². The molecule has 0 aromatic rings. The Balaban J connectivity index is 2.38. The van der Waals surface area contributed by atoms with E-state index < -0.39 is 17.7 Å². The number of β-lactam (4-membered cyclic amide) rings is 1. The van der Waals surface area contributed by atoms with Crippen LogP contribution in [0, 0.1) is 0 Å². The first kappa shape index (κ1) is 10.8. The van der Waals surface area contributed by atoms with E-state index in [0.717, 1.165) is 0 Å². The molecule has 1 saturated heterocycles. The van der Waals surface area contributed by atoms with Crippen LogP contribution < -0.4 is 10.6 Å². The molecule has 0 radical (unpaired) electrons. The molecule has 80 valence electrons. The van der Waals surface area contributed by atoms with E-state index in [1.165, 1.54) is 0 Å². The Morgan fingerprint density at radius 2 is 2.07 bits per heavy atom. The second-order valence-corrected chi connectivity index (χ2v) is 4.42. The van der Waals surface area contributed by atoms with Crippen LogP contribution in [0.2, 0.25) is 0 Å². The fourth-order valence-electron chi connectivity index (χ4n) is 1.15. The van der Waals surface area contributed by atoms with Crippen LogP contribution in [-0.4, -0.2) is 29.7 Å². The minimum Gasteiger partial charge on any atom is -0.444 e. The van der Waals surface area contributed by atoms with E-state index in [4.69, 9.17) is 4.74 Å². The fourth-order valence-corrected chi connectivity index (χ4v) is 1.15. The van der Waals surface area contributed by atoms with E-state index in [2.05, 4.69) is 10.6 Å². The van der Waals surface area contributed by atoms with E-state index >= 15 is 0 Å². The summed E-state index contributed by atoms with van der Waals surface area (Å²) in [5.74, 6) is -0.164. The topological polar surface area (TPSA) is 67.4 Å². The largest absolute Gasteiger partial charge is 0.444 e. The summed E-state index contributed by atoms with van der Waals surface area (Å²) in [5.41, 5.74) is -0.534. The van der Waals surface area contributed by atoms with Crippen molar-refractivity contribution in [3.8, 4) is 0 Å². The van der Waals surface area contributed by atoms with Gasteiger partial charge in [-0.05, 0) is 27.7 Å². The van der Waals surface area contributed by atoms with Gasteiger partial charge < -0.3 is 15.4 Å². The highest BCUT2D eigenvalue weighted by atomic mass is 16.6. The summed E-state index contributed by atoms with van der Waals surface area (Å²) in [6, 6.07) is -0.472. The van der Waals surface area contributed by atoms with E-state index in [1.54, 1.807) is 20.8 Å². The van der Waals surface area contributed by atoms with Crippen molar-refractivity contribution < 1.29 is 14.3 Å². The Hall–Kier alpha value is -1.26. The normalized spacial score (nSPS) is 26.1. The summed E-state index contributed by atoms with van der Waals surface area (Å²) in [5, 5.41) is 5.11. The lowest BCUT2D eigenvalue weighted by Gasteiger charge is -2.34. The summed E-state index contributed by atoms with van der Waals surface area (Å²) >= 11 is 0. The molecular formula is C9H16N2O3. The zero-order chi connectivity index (χ0) is 10.9. The summed E-state index contributed by atoms with van der Waals surface area (Å²) in [7, 11) is 0. The highest BCUT2D eigenvalue weighted by molar-refractivity contribution is 5.92. The second kappa shape index (κ2) is 3.48. The van der Waals surface area contributed by atoms with E-state index in [-0.39, 0.29) is 11.9 Å². The molecule has 2 atom stereocenters. The maximum absolute atomic E-state index is 11.2. The SMILES string of the molecule is C[C@@H]1NC(=O)[C@H]1NC(=O)OC(C)(C)C. The second-order valence-electron chi connectivity index (χ2n) is 4.42. The molecule has 1 fully saturated rings. The molecule has 1 aliphatic rings. The number of ether oxygens (including phenoxy) is 1. The number of amides is 2. The first-order valence-corrected chi connectivity index (χ1v) is 4.59. The van der Waals surface area contributed by atoms with Crippen LogP contribution in [0.1, 0.15) is 27.7 Å². The third-order valence-electron chi connectivity index (χ3n) is 1.82. The third kappa shape index (κ3) is 2.61. The molecule has 0 spiro atoms. The minimum absolute atomic E-state index is 0.0185. The highest BCUT2D eigenvalue weighted by Crippen LogP contribution is 2.09. The summed E-state index contributed by atoms with van der Waals surface area (Å²) in [6.07, 6.45) is -0.552. The minimum atomic E-state index is -0.552. The molecule has 0 saturated carbocycles. The number of rotatable bonds is 1. The van der Waals surface area contributed by atoms with Crippen LogP contribution in [0.4, 0.5) is 4.79 Å². The van der Waals surface area contributed by atoms with Gasteiger partial charge in [-0.25, -0.2) is 4.79 Å². The highest BCUT2D eigenvalue weighted by Gasteiger charge is 2.37. The van der Waals surface area contributed by atoms with Gasteiger partial charge in [0.25, 0.3) is 0 Å². The Kier molecular flexibility index (Phi) is 2.69. The molecule has 0 bridgehead atoms. The van der Waals surface area contributed by atoms with Gasteiger partial charge in [0.1, 0.15) is 11.6 Å². The zero-order valence-electron chi connectivity index (χ0n) is 8.88. The molecule has 0 aromatic heterocycles. The van der Waals surface area contributed by atoms with Crippen molar-refractivity contribution in [2.75, 3.05) is 0 Å². The average Bonchev–Trinajstić information content (AvgIpc) is 1.98. The van der Waals surface area contributed by atoms with Crippen molar-refractivity contribution in [1.29, 1.82) is 0 Å². The summed E-state index contributed by atoms with van der Waals surface area (Å²) < 4.78 is 5.01. The molecule has 0 aliphatic carbocycles. The van der Waals surface area contributed by atoms with Gasteiger partial charge in [-0.3, -0.25) is 4.79 Å². The van der Waals surface area contributed by atoms with Crippen molar-refractivity contribution in [1.82, 2.24) is 10.6 Å². The van der Waals surface area contributed by atoms with E-state index in [9.17, 15) is 9.59 Å². The maximum Gasteiger partial charge on any atom is 0.408 e. The van der Waals surface area contributed by atoms with Crippen molar-refractivity contribution in [2.24, 2.45) is 0 Å². The fraction of sp³-hybridized carbons (Fsp3) is 0.778. The molecule has 5 heteroatoms. The third-order valence-corrected chi connectivity index (χ3v) is 1.82. The number of nitrogens with one attached hydrogen (secondary N) is 2. The van der Waals surface area contributed by atoms with Gasteiger partial charge in [0.15, 0.2) is 0 Å². The molecular weight excluding hydrogens is 184 g/mol. The smallest absolute Gasteiger partial charge is 0.408 e. The van der Waals surface area contributed by atoms with Gasteiger partial charge in [-0.1, -0.05) is 0 Å². The van der Waals surface area contributed by atoms with Crippen LogP contribution in [0.25, 0.3) is 0 Å². The van der Waals surface area contributed by atoms with Crippen LogP contribution in [0.5, 0.6) is 0 Å². The molecule has 1 rings (SSSR count). The Bertz CT molecular complexity index is 257. The van der Waals surface area contributed by atoms with E-state index in [1.807, 2.05) is 6.92 Å². The number of hydrogen-bond donors (Lipinski definition) is 2. The lowest BCUT2D eigenvalue weighted by molar-refractivity contribution is -0.131. The number of alkyl carbamates (subject to hydrolysis) is 1. The molecule has 5 nitrogen and oxygen atoms in total. The lowest BCUT2D eigenvalue weighted by atomic mass is 10.0. The van der Waals surface area contributed by atoms with E-state index in [0.29, 0.717) is 0 Å². The van der Waals surface area contributed by atoms with Gasteiger partial charge in [-0.2, -0.15) is 0 Å². The molecule has 0 unspecified atom stereocenters. The molecule has 2 N–H and O–H groups in total. The number of hydrogen-bond acceptors (Lipinski definition) is 3. The van der Waals surface area contributed by atoms with Gasteiger partial charge in [0.2, 0.25) is 5.91 Å². The van der Waals surface area contributed by atoms with Gasteiger partial charge in [0, 0.05) is 0 Å². The predicted octanol–water partition coefficient (Wildman–Crippen LogP) is 0.398. The standard InChI is InChI=1S/C9H16N2O3/c1-5-6(7(12)10-5)11-8(13)14-9(2,3)4/h5-6H,1-4H3,(H,10,12)(H,11,13)/t5-,6-/m0/s1. The molecule has 0 aromatic carbocycles.